The molecular weight excluding hydrogens is 1850 g/mol. The van der Waals surface area contributed by atoms with Crippen LogP contribution < -0.4 is 96.4 Å². The molecule has 8 heterocycles. The number of hydrogen-bond donors (Lipinski definition) is 15. The number of H-pyrrole nitrogens is 3. The fraction of sp³-hybridized carbons (Fsp3) is 0.0408. The van der Waals surface area contributed by atoms with Crippen molar-refractivity contribution in [2.45, 2.75) is 26.4 Å². The summed E-state index contributed by atoms with van der Waals surface area (Å²) in [5, 5.41) is 83.7. The fourth-order valence-corrected chi connectivity index (χ4v) is 11.7. The number of nitrogens with one attached hydrogen (secondary N) is 5. The normalized spacial score (nSPS) is 10.3. The topological polar surface area (TPSA) is 578 Å². The fourth-order valence-electron chi connectivity index (χ4n) is 11.6. The van der Waals surface area contributed by atoms with E-state index in [0.717, 1.165) is 113 Å². The summed E-state index contributed by atoms with van der Waals surface area (Å²) in [6.07, 6.45) is 9.20. The van der Waals surface area contributed by atoms with Crippen LogP contribution in [0.3, 0.4) is 0 Å². The van der Waals surface area contributed by atoms with Crippen LogP contribution in [0.15, 0.2) is 296 Å². The average molecular weight is 1930 g/mol. The Hall–Kier alpha value is -16.5. The van der Waals surface area contributed by atoms with Gasteiger partial charge < -0.3 is 82.3 Å². The summed E-state index contributed by atoms with van der Waals surface area (Å²) in [7, 11) is -1.46. The second-order valence-corrected chi connectivity index (χ2v) is 29.3. The van der Waals surface area contributed by atoms with Gasteiger partial charge in [-0.25, -0.2) is 29.5 Å². The van der Waals surface area contributed by atoms with Crippen LogP contribution in [0, 0.1) is 60.6 Å². The van der Waals surface area contributed by atoms with Gasteiger partial charge in [0.2, 0.25) is 17.1 Å². The molecule has 0 bridgehead atoms. The number of aromatic nitrogens is 11. The van der Waals surface area contributed by atoms with Crippen molar-refractivity contribution in [3.05, 3.63) is 377 Å². The number of nitriles is 2. The zero-order valence-electron chi connectivity index (χ0n) is 72.7. The predicted molar refractivity (Wildman–Crippen MR) is 517 cm³/mol. The second kappa shape index (κ2) is 51.2. The number of fused-ring (bicyclic) bond motifs is 3. The van der Waals surface area contributed by atoms with Gasteiger partial charge in [-0.15, -0.1) is 5.60 Å². The summed E-state index contributed by atoms with van der Waals surface area (Å²) >= 11 is 5.45. The number of carbonyl (C=O) groups excluding carboxylic acids is 2. The number of benzene rings is 9. The van der Waals surface area contributed by atoms with Gasteiger partial charge in [-0.2, -0.15) is 10.5 Å². The molecule has 0 radical (unpaired) electrons. The molecule has 0 aliphatic heterocycles. The molecule has 135 heavy (non-hydrogen) atoms. The molecule has 0 unspecified atom stereocenters. The molecule has 17 aromatic rings. The van der Waals surface area contributed by atoms with Crippen molar-refractivity contribution in [3.8, 4) is 91.3 Å². The number of nitrogens with zero attached hydrogens (tertiary/aromatic N) is 15. The molecule has 0 aliphatic rings. The SMILES string of the molecule is CC(C)(C)[O-].N#Cc1ccc(N)c(N)c1.N/C(=N\O)c1ccc2nc(-c3ccc(-c4ccc(/C(N)=N\O)cn4)cc3)[nH]c2c1.N=C(N)c1ccc(-c2ccc(-c3nc4ccc(C(=N)N)cc4[nH]3)cc2)nc1.O=Cc1ccc(B(O)O)cc1.[C-]#[N+]c1ccc(-c2ccc(-c3nc4ccc(C#N)cc4[nH]3)cc2)nc1.[C-]#[N+]c1ccc(-c2ccc(C=O)cc2)nc1.[C-]#[N+]c1ccc(Cl)nc1.[CH3-].[K+].[Pd]. The number of imidazole rings is 3. The van der Waals surface area contributed by atoms with Gasteiger partial charge in [-0.05, 0) is 121 Å². The van der Waals surface area contributed by atoms with Crippen LogP contribution in [0.25, 0.3) is 127 Å². The quantitative estimate of drug-likeness (QED) is 0.00553. The van der Waals surface area contributed by atoms with E-state index in [0.29, 0.717) is 95.7 Å². The van der Waals surface area contributed by atoms with Gasteiger partial charge in [-0.1, -0.05) is 182 Å². The third-order valence-electron chi connectivity index (χ3n) is 18.4. The molecule has 0 saturated carbocycles. The van der Waals surface area contributed by atoms with Gasteiger partial charge >= 0.3 is 58.5 Å². The predicted octanol–water partition coefficient (Wildman–Crippen LogP) is 13.0. The molecule has 17 rings (SSSR count). The molecule has 0 atom stereocenters. The van der Waals surface area contributed by atoms with Gasteiger partial charge in [0, 0.05) is 124 Å². The summed E-state index contributed by atoms with van der Waals surface area (Å²) in [5.41, 5.74) is 54.6. The van der Waals surface area contributed by atoms with E-state index < -0.39 is 12.7 Å². The van der Waals surface area contributed by atoms with Crippen molar-refractivity contribution in [1.29, 1.82) is 21.3 Å². The largest absolute Gasteiger partial charge is 1.00 e. The Morgan fingerprint density at radius 2 is 0.763 bits per heavy atom. The van der Waals surface area contributed by atoms with Gasteiger partial charge in [-0.3, -0.25) is 45.3 Å². The molecular formula is C98H82BClKN26O7Pd-. The van der Waals surface area contributed by atoms with Crippen molar-refractivity contribution < 1.29 is 107 Å². The first kappa shape index (κ1) is 106. The number of aldehydes is 2. The Kier molecular flexibility index (Phi) is 40.1. The van der Waals surface area contributed by atoms with Gasteiger partial charge in [0.25, 0.3) is 0 Å². The molecule has 0 aliphatic carbocycles. The van der Waals surface area contributed by atoms with Crippen LogP contribution in [-0.4, -0.2) is 124 Å². The first-order valence-corrected chi connectivity index (χ1v) is 39.5. The summed E-state index contributed by atoms with van der Waals surface area (Å²) in [6.45, 7) is 25.2. The Morgan fingerprint density at radius 3 is 1.10 bits per heavy atom. The molecule has 0 spiro atoms. The minimum Gasteiger partial charge on any atom is -0.850 e. The summed E-state index contributed by atoms with van der Waals surface area (Å²) in [6, 6.07) is 79.3. The number of nitrogen functional groups attached to an aromatic ring is 4. The first-order chi connectivity index (χ1) is 63.5. The maximum Gasteiger partial charge on any atom is 1.00 e. The minimum absolute atomic E-state index is 0. The van der Waals surface area contributed by atoms with Gasteiger partial charge in [0.05, 0.1) is 110 Å². The number of nitrogens with two attached hydrogens (primary N) is 6. The van der Waals surface area contributed by atoms with Gasteiger partial charge in [0.1, 0.15) is 46.9 Å². The number of aromatic amines is 3. The number of anilines is 2. The summed E-state index contributed by atoms with van der Waals surface area (Å²) < 4.78 is 0. The van der Waals surface area contributed by atoms with Crippen molar-refractivity contribution in [1.82, 2.24) is 54.8 Å². The van der Waals surface area contributed by atoms with E-state index in [2.05, 4.69) is 85.7 Å². The Bertz CT molecular complexity index is 7200. The standard InChI is InChI=1S/C20H17N7O2.C20H17N7.C20H11N5.C13H8N2O.C7H7BO3.C7H7N3.C6H3ClN2.C4H9O.CH3.K.Pd/c21-18(26-28)13-5-8-16-17(9-13)25-20(24-16)12-3-1-11(2-4-12)15-7-6-14(10-23-15)19(22)27-29;21-18(22)13-5-8-16-17(9-13)27-20(26-16)12-3-1-11(2-4-12)15-7-6-14(10-25-15)19(23)24;1-22-16-7-9-17(23-12-16)14-3-5-15(6-4-14)20-24-18-8-2-13(11-21)10-19(18)25-20;1-14-12-6-7-13(15-8-12)11-4-2-10(9-16)3-5-11;9-5-6-1-3-7(4-2-6)8(10)11;8-4-5-1-2-6(9)7(10)3-5;1-8-5-2-3-6(7)9-4-5;1-4(2,3)5;;;/h1-10,28-29H,(H2,21,26)(H2,22,27)(H,24,25);1-10H,(H3,21,22)(H3,23,24)(H,26,27);2-10,12H,(H,24,25);2-9H;1-5,10-11H;1-3H,9-10H2;2-4H;1-3H3;1H3;;/q;;;;;;;2*-1;+1;. The van der Waals surface area contributed by atoms with E-state index in [1.54, 1.807) is 149 Å². The van der Waals surface area contributed by atoms with Crippen molar-refractivity contribution in [2.75, 3.05) is 11.5 Å². The number of rotatable bonds is 14. The van der Waals surface area contributed by atoms with Crippen LogP contribution >= 0.6 is 11.6 Å². The van der Waals surface area contributed by atoms with Crippen LogP contribution in [0.4, 0.5) is 28.4 Å². The molecule has 8 aromatic heterocycles. The molecule has 0 saturated heterocycles. The smallest absolute Gasteiger partial charge is 0.850 e. The van der Waals surface area contributed by atoms with Crippen LogP contribution in [-0.2, 0) is 20.4 Å². The Balaban J connectivity index is 0.000000220. The van der Waals surface area contributed by atoms with E-state index in [1.165, 1.54) is 36.7 Å². The number of carbonyl (C=O) groups is 2. The van der Waals surface area contributed by atoms with Crippen LogP contribution in [0.1, 0.15) is 74.9 Å². The van der Waals surface area contributed by atoms with Crippen molar-refractivity contribution in [2.24, 2.45) is 33.2 Å². The monoisotopic (exact) mass is 1930 g/mol. The number of amidine groups is 4. The summed E-state index contributed by atoms with van der Waals surface area (Å²) in [5.74, 6) is 2.30. The van der Waals surface area contributed by atoms with E-state index in [4.69, 9.17) is 108 Å². The zero-order chi connectivity index (χ0) is 95.0. The Labute approximate surface area is 836 Å². The van der Waals surface area contributed by atoms with Gasteiger partial charge in [0.15, 0.2) is 11.7 Å². The number of pyridine rings is 5. The third-order valence-corrected chi connectivity index (χ3v) is 18.6. The molecule has 0 fully saturated rings. The molecule has 33 nitrogen and oxygen atoms in total. The van der Waals surface area contributed by atoms with Crippen LogP contribution in [0.2, 0.25) is 5.15 Å². The van der Waals surface area contributed by atoms with Crippen molar-refractivity contribution >= 4 is 122 Å². The summed E-state index contributed by atoms with van der Waals surface area (Å²) in [4.78, 5) is 74.8. The van der Waals surface area contributed by atoms with E-state index in [-0.39, 0.29) is 103 Å². The maximum absolute atomic E-state index is 10.5. The maximum atomic E-state index is 10.5. The van der Waals surface area contributed by atoms with E-state index >= 15 is 0 Å². The van der Waals surface area contributed by atoms with Crippen molar-refractivity contribution in [3.63, 3.8) is 0 Å². The zero-order valence-corrected chi connectivity index (χ0v) is 78.2. The molecule has 0 amide bonds. The molecule has 668 valence electrons. The Morgan fingerprint density at radius 1 is 0.444 bits per heavy atom. The van der Waals surface area contributed by atoms with Crippen LogP contribution in [0.5, 0.6) is 0 Å². The van der Waals surface area contributed by atoms with E-state index in [9.17, 15) is 14.7 Å². The second-order valence-electron chi connectivity index (χ2n) is 28.9. The average Bonchev–Trinajstić information content (AvgIpc) is 1.67. The molecule has 21 N–H and O–H groups in total. The number of hydrogen-bond acceptors (Lipinski definition) is 23. The molecule has 9 aromatic carbocycles. The number of oxime groups is 2. The molecule has 37 heteroatoms. The third kappa shape index (κ3) is 30.8. The minimum atomic E-state index is -1.46. The number of halogens is 1. The van der Waals surface area contributed by atoms with E-state index in [1.807, 2.05) is 127 Å². The first-order valence-electron chi connectivity index (χ1n) is 39.2.